The molecule has 0 saturated heterocycles. The van der Waals surface area contributed by atoms with Gasteiger partial charge in [-0.1, -0.05) is 15.9 Å². The lowest BCUT2D eigenvalue weighted by atomic mass is 10.3. The first-order chi connectivity index (χ1) is 6.33. The Labute approximate surface area is 87.0 Å². The molecule has 0 unspecified atom stereocenters. The van der Waals surface area contributed by atoms with Crippen molar-refractivity contribution in [2.75, 3.05) is 20.3 Å². The molecule has 0 bridgehead atoms. The van der Waals surface area contributed by atoms with E-state index in [0.717, 1.165) is 23.2 Å². The third-order valence-corrected chi connectivity index (χ3v) is 2.10. The molecule has 0 heterocycles. The van der Waals surface area contributed by atoms with Crippen LogP contribution in [0.3, 0.4) is 0 Å². The van der Waals surface area contributed by atoms with Crippen molar-refractivity contribution < 1.29 is 9.47 Å². The monoisotopic (exact) mass is 244 g/mol. The number of halogens is 1. The van der Waals surface area contributed by atoms with E-state index in [4.69, 9.17) is 9.47 Å². The number of hydrogen-bond donors (Lipinski definition) is 0. The minimum Gasteiger partial charge on any atom is -0.494 e. The van der Waals surface area contributed by atoms with Crippen molar-refractivity contribution in [1.82, 2.24) is 0 Å². The molecule has 0 aromatic heterocycles. The molecule has 1 rings (SSSR count). The lowest BCUT2D eigenvalue weighted by molar-refractivity contribution is 0.172. The Kier molecular flexibility index (Phi) is 4.86. The lowest BCUT2D eigenvalue weighted by Crippen LogP contribution is -2.00. The van der Waals surface area contributed by atoms with Gasteiger partial charge in [-0.3, -0.25) is 0 Å². The molecule has 0 aliphatic carbocycles. The average molecular weight is 245 g/mol. The summed E-state index contributed by atoms with van der Waals surface area (Å²) < 4.78 is 11.4. The Morgan fingerprint density at radius 3 is 2.46 bits per heavy atom. The topological polar surface area (TPSA) is 18.5 Å². The molecule has 3 heteroatoms. The van der Waals surface area contributed by atoms with E-state index in [1.165, 1.54) is 0 Å². The van der Waals surface area contributed by atoms with Crippen LogP contribution in [0.1, 0.15) is 6.42 Å². The highest BCUT2D eigenvalue weighted by molar-refractivity contribution is 9.10. The van der Waals surface area contributed by atoms with E-state index in [1.807, 2.05) is 24.3 Å². The molecule has 0 N–H and O–H groups in total. The van der Waals surface area contributed by atoms with Crippen molar-refractivity contribution in [1.29, 1.82) is 0 Å². The van der Waals surface area contributed by atoms with Gasteiger partial charge in [0.1, 0.15) is 5.75 Å². The van der Waals surface area contributed by atoms with Crippen LogP contribution in [0.2, 0.25) is 0 Å². The second kappa shape index (κ2) is 6.00. The first-order valence-electron chi connectivity index (χ1n) is 4.20. The van der Waals surface area contributed by atoms with Crippen LogP contribution in [-0.2, 0) is 4.74 Å². The van der Waals surface area contributed by atoms with Crippen molar-refractivity contribution in [2.24, 2.45) is 0 Å². The van der Waals surface area contributed by atoms with Gasteiger partial charge in [-0.25, -0.2) is 0 Å². The second-order valence-electron chi connectivity index (χ2n) is 2.65. The Morgan fingerprint density at radius 2 is 1.85 bits per heavy atom. The van der Waals surface area contributed by atoms with Crippen molar-refractivity contribution in [3.63, 3.8) is 0 Å². The van der Waals surface area contributed by atoms with Crippen molar-refractivity contribution in [3.8, 4) is 5.75 Å². The molecule has 1 aromatic rings. The predicted octanol–water partition coefficient (Wildman–Crippen LogP) is 2.86. The molecule has 0 atom stereocenters. The van der Waals surface area contributed by atoms with E-state index in [9.17, 15) is 0 Å². The minimum atomic E-state index is 0.704. The van der Waals surface area contributed by atoms with Gasteiger partial charge in [0.2, 0.25) is 0 Å². The fraction of sp³-hybridized carbons (Fsp3) is 0.400. The van der Waals surface area contributed by atoms with Crippen molar-refractivity contribution >= 4 is 15.9 Å². The maximum absolute atomic E-state index is 5.46. The van der Waals surface area contributed by atoms with E-state index in [-0.39, 0.29) is 0 Å². The quantitative estimate of drug-likeness (QED) is 0.742. The van der Waals surface area contributed by atoms with E-state index in [2.05, 4.69) is 15.9 Å². The van der Waals surface area contributed by atoms with Crippen LogP contribution in [0.5, 0.6) is 5.75 Å². The third kappa shape index (κ3) is 4.29. The van der Waals surface area contributed by atoms with Gasteiger partial charge in [-0.15, -0.1) is 0 Å². The number of benzene rings is 1. The van der Waals surface area contributed by atoms with E-state index < -0.39 is 0 Å². The Bertz CT molecular complexity index is 233. The lowest BCUT2D eigenvalue weighted by Gasteiger charge is -2.04. The zero-order valence-corrected chi connectivity index (χ0v) is 9.21. The summed E-state index contributed by atoms with van der Waals surface area (Å²) in [5, 5.41) is 0. The fourth-order valence-corrected chi connectivity index (χ4v) is 1.19. The van der Waals surface area contributed by atoms with Crippen LogP contribution in [0.4, 0.5) is 0 Å². The molecule has 13 heavy (non-hydrogen) atoms. The van der Waals surface area contributed by atoms with Crippen LogP contribution in [0.25, 0.3) is 0 Å². The summed E-state index contributed by atoms with van der Waals surface area (Å²) in [5.74, 6) is 0.902. The number of rotatable bonds is 5. The molecule has 0 aliphatic rings. The third-order valence-electron chi connectivity index (χ3n) is 1.58. The van der Waals surface area contributed by atoms with E-state index in [1.54, 1.807) is 7.11 Å². The van der Waals surface area contributed by atoms with Gasteiger partial charge >= 0.3 is 0 Å². The first kappa shape index (κ1) is 10.5. The van der Waals surface area contributed by atoms with Crippen LogP contribution < -0.4 is 4.74 Å². The fourth-order valence-electron chi connectivity index (χ4n) is 0.924. The smallest absolute Gasteiger partial charge is 0.119 e. The molecule has 0 aliphatic heterocycles. The summed E-state index contributed by atoms with van der Waals surface area (Å²) >= 11 is 3.36. The molecule has 72 valence electrons. The number of hydrogen-bond acceptors (Lipinski definition) is 2. The standard InChI is InChI=1S/C10H13BrO2/c1-12-7-2-8-13-10-5-3-9(11)4-6-10/h3-6H,2,7-8H2,1H3. The Morgan fingerprint density at radius 1 is 1.15 bits per heavy atom. The van der Waals surface area contributed by atoms with Gasteiger partial charge in [-0.05, 0) is 24.3 Å². The molecule has 0 saturated carbocycles. The Balaban J connectivity index is 2.25. The van der Waals surface area contributed by atoms with Crippen LogP contribution in [0, 0.1) is 0 Å². The summed E-state index contributed by atoms with van der Waals surface area (Å²) in [4.78, 5) is 0. The maximum atomic E-state index is 5.46. The van der Waals surface area contributed by atoms with Crippen molar-refractivity contribution in [2.45, 2.75) is 6.42 Å². The molecule has 1 aromatic carbocycles. The van der Waals surface area contributed by atoms with Crippen LogP contribution >= 0.6 is 15.9 Å². The molecule has 2 nitrogen and oxygen atoms in total. The summed E-state index contributed by atoms with van der Waals surface area (Å²) in [7, 11) is 1.69. The summed E-state index contributed by atoms with van der Waals surface area (Å²) in [5.41, 5.74) is 0. The molecule has 0 fully saturated rings. The summed E-state index contributed by atoms with van der Waals surface area (Å²) in [6, 6.07) is 7.81. The van der Waals surface area contributed by atoms with Gasteiger partial charge in [-0.2, -0.15) is 0 Å². The predicted molar refractivity (Wildman–Crippen MR) is 56.1 cm³/mol. The van der Waals surface area contributed by atoms with E-state index >= 15 is 0 Å². The van der Waals surface area contributed by atoms with Gasteiger partial charge in [0.05, 0.1) is 6.61 Å². The average Bonchev–Trinajstić information content (AvgIpc) is 2.15. The highest BCUT2D eigenvalue weighted by Crippen LogP contribution is 2.15. The maximum Gasteiger partial charge on any atom is 0.119 e. The molecule has 0 amide bonds. The SMILES string of the molecule is COCCCOc1ccc(Br)cc1. The first-order valence-corrected chi connectivity index (χ1v) is 4.99. The Hall–Kier alpha value is -0.540. The second-order valence-corrected chi connectivity index (χ2v) is 3.56. The minimum absolute atomic E-state index is 0.704. The van der Waals surface area contributed by atoms with Crippen LogP contribution in [-0.4, -0.2) is 20.3 Å². The van der Waals surface area contributed by atoms with Crippen LogP contribution in [0.15, 0.2) is 28.7 Å². The van der Waals surface area contributed by atoms with Gasteiger partial charge < -0.3 is 9.47 Å². The van der Waals surface area contributed by atoms with Gasteiger partial charge in [0, 0.05) is 24.6 Å². The zero-order valence-electron chi connectivity index (χ0n) is 7.63. The molecule has 0 spiro atoms. The molecule has 0 radical (unpaired) electrons. The highest BCUT2D eigenvalue weighted by atomic mass is 79.9. The molecular formula is C10H13BrO2. The van der Waals surface area contributed by atoms with Crippen molar-refractivity contribution in [3.05, 3.63) is 28.7 Å². The van der Waals surface area contributed by atoms with Gasteiger partial charge in [0.25, 0.3) is 0 Å². The largest absolute Gasteiger partial charge is 0.494 e. The summed E-state index contributed by atoms with van der Waals surface area (Å²) in [6.45, 7) is 1.45. The highest BCUT2D eigenvalue weighted by Gasteiger charge is 1.92. The van der Waals surface area contributed by atoms with Gasteiger partial charge in [0.15, 0.2) is 0 Å². The normalized spacial score (nSPS) is 10.0. The summed E-state index contributed by atoms with van der Waals surface area (Å²) in [6.07, 6.45) is 0.923. The zero-order chi connectivity index (χ0) is 9.52. The molecular weight excluding hydrogens is 232 g/mol. The number of ether oxygens (including phenoxy) is 2. The van der Waals surface area contributed by atoms with E-state index in [0.29, 0.717) is 6.61 Å². The number of methoxy groups -OCH3 is 1.